The van der Waals surface area contributed by atoms with Gasteiger partial charge in [0.25, 0.3) is 0 Å². The molecule has 2 aliphatic rings. The molecule has 4 nitrogen and oxygen atoms in total. The molecule has 0 amide bonds. The first-order chi connectivity index (χ1) is 9.88. The van der Waals surface area contributed by atoms with E-state index in [1.165, 1.54) is 43.1 Å². The van der Waals surface area contributed by atoms with Crippen LogP contribution in [0.4, 0.5) is 0 Å². The number of rotatable bonds is 6. The number of carboxylic acids is 1. The van der Waals surface area contributed by atoms with Crippen LogP contribution in [0.2, 0.25) is 0 Å². The summed E-state index contributed by atoms with van der Waals surface area (Å²) >= 11 is 1.36. The number of aliphatic carboxylic acids is 1. The molecule has 0 aromatic carbocycles. The van der Waals surface area contributed by atoms with Crippen LogP contribution >= 0.6 is 11.8 Å². The molecule has 2 fully saturated rings. The van der Waals surface area contributed by atoms with E-state index in [2.05, 4.69) is 30.3 Å². The van der Waals surface area contributed by atoms with Crippen molar-refractivity contribution in [3.8, 4) is 0 Å². The van der Waals surface area contributed by atoms with Crippen molar-refractivity contribution in [2.24, 2.45) is 11.8 Å². The van der Waals surface area contributed by atoms with E-state index in [1.807, 2.05) is 6.20 Å². The molecule has 21 heavy (non-hydrogen) atoms. The molecule has 0 bridgehead atoms. The minimum Gasteiger partial charge on any atom is -0.481 e. The average Bonchev–Trinajstić information content (AvgIpc) is 3.26. The molecule has 1 heterocycles. The van der Waals surface area contributed by atoms with Crippen molar-refractivity contribution in [1.29, 1.82) is 0 Å². The first kappa shape index (κ1) is 14.9. The van der Waals surface area contributed by atoms with E-state index in [0.29, 0.717) is 6.04 Å². The Morgan fingerprint density at radius 3 is 2.38 bits per heavy atom. The zero-order valence-corrected chi connectivity index (χ0v) is 13.8. The smallest absolute Gasteiger partial charge is 0.313 e. The lowest BCUT2D eigenvalue weighted by Gasteiger charge is -2.28. The van der Waals surface area contributed by atoms with Crippen LogP contribution in [0, 0.1) is 11.8 Å². The standard InChI is InChI=1S/C16H24N2O2S/c1-16(2,3)12-8-17-15(21-9-13(19)20)18(12)14(10-4-5-10)11-6-7-11/h8,10-11,14H,4-7,9H2,1-3H3,(H,19,20). The van der Waals surface area contributed by atoms with Gasteiger partial charge in [0.2, 0.25) is 0 Å². The molecule has 0 radical (unpaired) electrons. The summed E-state index contributed by atoms with van der Waals surface area (Å²) in [5, 5.41) is 9.85. The molecular formula is C16H24N2O2S. The summed E-state index contributed by atoms with van der Waals surface area (Å²) in [4.78, 5) is 15.5. The minimum atomic E-state index is -0.777. The summed E-state index contributed by atoms with van der Waals surface area (Å²) in [7, 11) is 0. The molecule has 5 heteroatoms. The van der Waals surface area contributed by atoms with E-state index in [0.717, 1.165) is 17.0 Å². The molecule has 116 valence electrons. The zero-order valence-electron chi connectivity index (χ0n) is 13.0. The first-order valence-electron chi connectivity index (χ1n) is 7.80. The lowest BCUT2D eigenvalue weighted by Crippen LogP contribution is -2.24. The van der Waals surface area contributed by atoms with Gasteiger partial charge < -0.3 is 9.67 Å². The van der Waals surface area contributed by atoms with Gasteiger partial charge in [-0.05, 0) is 37.5 Å². The van der Waals surface area contributed by atoms with E-state index in [1.54, 1.807) is 0 Å². The number of carbonyl (C=O) groups is 1. The molecule has 0 aliphatic heterocycles. The van der Waals surface area contributed by atoms with Crippen molar-refractivity contribution in [1.82, 2.24) is 9.55 Å². The third kappa shape index (κ3) is 3.28. The van der Waals surface area contributed by atoms with Crippen molar-refractivity contribution in [3.63, 3.8) is 0 Å². The SMILES string of the molecule is CC(C)(C)c1cnc(SCC(=O)O)n1C(C1CC1)C1CC1. The van der Waals surface area contributed by atoms with Crippen LogP contribution < -0.4 is 0 Å². The van der Waals surface area contributed by atoms with Crippen LogP contribution in [-0.2, 0) is 10.2 Å². The monoisotopic (exact) mass is 308 g/mol. The second-order valence-electron chi connectivity index (χ2n) is 7.39. The number of carboxylic acid groups (broad SMARTS) is 1. The van der Waals surface area contributed by atoms with Crippen LogP contribution in [-0.4, -0.2) is 26.4 Å². The Labute approximate surface area is 130 Å². The Hall–Kier alpha value is -0.970. The van der Waals surface area contributed by atoms with Gasteiger partial charge in [0.05, 0.1) is 5.75 Å². The van der Waals surface area contributed by atoms with Crippen molar-refractivity contribution < 1.29 is 9.90 Å². The molecule has 1 aromatic rings. The Balaban J connectivity index is 1.96. The Morgan fingerprint density at radius 1 is 1.38 bits per heavy atom. The van der Waals surface area contributed by atoms with Crippen LogP contribution in [0.1, 0.15) is 58.2 Å². The third-order valence-corrected chi connectivity index (χ3v) is 5.32. The van der Waals surface area contributed by atoms with E-state index in [9.17, 15) is 4.79 Å². The number of thioether (sulfide) groups is 1. The number of nitrogens with zero attached hydrogens (tertiary/aromatic N) is 2. The molecular weight excluding hydrogens is 284 g/mol. The van der Waals surface area contributed by atoms with Crippen LogP contribution in [0.25, 0.3) is 0 Å². The highest BCUT2D eigenvalue weighted by Crippen LogP contribution is 2.54. The molecule has 2 aliphatic carbocycles. The molecule has 3 rings (SSSR count). The number of imidazole rings is 1. The van der Waals surface area contributed by atoms with Gasteiger partial charge >= 0.3 is 5.97 Å². The molecule has 0 saturated heterocycles. The number of hydrogen-bond acceptors (Lipinski definition) is 3. The van der Waals surface area contributed by atoms with Gasteiger partial charge in [-0.2, -0.15) is 0 Å². The van der Waals surface area contributed by atoms with Gasteiger partial charge in [-0.25, -0.2) is 4.98 Å². The van der Waals surface area contributed by atoms with E-state index in [4.69, 9.17) is 5.11 Å². The predicted molar refractivity (Wildman–Crippen MR) is 83.8 cm³/mol. The molecule has 1 N–H and O–H groups in total. The summed E-state index contributed by atoms with van der Waals surface area (Å²) in [5.74, 6) is 0.859. The van der Waals surface area contributed by atoms with Crippen molar-refractivity contribution in [2.45, 2.75) is 63.1 Å². The van der Waals surface area contributed by atoms with Crippen molar-refractivity contribution in [3.05, 3.63) is 11.9 Å². The highest BCUT2D eigenvalue weighted by molar-refractivity contribution is 7.99. The van der Waals surface area contributed by atoms with E-state index < -0.39 is 5.97 Å². The van der Waals surface area contributed by atoms with Gasteiger partial charge in [0.15, 0.2) is 5.16 Å². The first-order valence-corrected chi connectivity index (χ1v) is 8.79. The van der Waals surface area contributed by atoms with Gasteiger partial charge in [-0.15, -0.1) is 0 Å². The molecule has 0 atom stereocenters. The summed E-state index contributed by atoms with van der Waals surface area (Å²) in [5.41, 5.74) is 1.29. The fourth-order valence-corrected chi connectivity index (χ4v) is 3.84. The zero-order chi connectivity index (χ0) is 15.2. The maximum atomic E-state index is 10.9. The van der Waals surface area contributed by atoms with Crippen LogP contribution in [0.5, 0.6) is 0 Å². The van der Waals surface area contributed by atoms with Gasteiger partial charge in [0.1, 0.15) is 0 Å². The summed E-state index contributed by atoms with van der Waals surface area (Å²) in [6.07, 6.45) is 7.21. The molecule has 2 saturated carbocycles. The van der Waals surface area contributed by atoms with Crippen LogP contribution in [0.15, 0.2) is 11.4 Å². The van der Waals surface area contributed by atoms with Crippen molar-refractivity contribution >= 4 is 17.7 Å². The van der Waals surface area contributed by atoms with Crippen LogP contribution in [0.3, 0.4) is 0 Å². The summed E-state index contributed by atoms with van der Waals surface area (Å²) in [6, 6.07) is 0.540. The minimum absolute atomic E-state index is 0.0388. The average molecular weight is 308 g/mol. The fraction of sp³-hybridized carbons (Fsp3) is 0.750. The summed E-state index contributed by atoms with van der Waals surface area (Å²) in [6.45, 7) is 6.63. The van der Waals surface area contributed by atoms with Gasteiger partial charge in [0, 0.05) is 23.3 Å². The Morgan fingerprint density at radius 2 is 1.95 bits per heavy atom. The van der Waals surface area contributed by atoms with E-state index in [-0.39, 0.29) is 11.2 Å². The number of hydrogen-bond donors (Lipinski definition) is 1. The normalized spacial score (nSPS) is 19.2. The second kappa shape index (κ2) is 5.34. The highest BCUT2D eigenvalue weighted by Gasteiger charge is 2.45. The third-order valence-electron chi connectivity index (χ3n) is 4.36. The quantitative estimate of drug-likeness (QED) is 0.814. The van der Waals surface area contributed by atoms with Gasteiger partial charge in [-0.3, -0.25) is 4.79 Å². The van der Waals surface area contributed by atoms with E-state index >= 15 is 0 Å². The molecule has 0 unspecified atom stereocenters. The topological polar surface area (TPSA) is 55.1 Å². The molecule has 0 spiro atoms. The maximum Gasteiger partial charge on any atom is 0.313 e. The lowest BCUT2D eigenvalue weighted by molar-refractivity contribution is -0.133. The maximum absolute atomic E-state index is 10.9. The largest absolute Gasteiger partial charge is 0.481 e. The predicted octanol–water partition coefficient (Wildman–Crippen LogP) is 3.72. The highest BCUT2D eigenvalue weighted by atomic mass is 32.2. The Bertz CT molecular complexity index is 527. The lowest BCUT2D eigenvalue weighted by atomic mass is 9.91. The summed E-state index contributed by atoms with van der Waals surface area (Å²) < 4.78 is 2.39. The fourth-order valence-electron chi connectivity index (χ4n) is 3.10. The second-order valence-corrected chi connectivity index (χ2v) is 8.34. The Kier molecular flexibility index (Phi) is 3.80. The number of aromatic nitrogens is 2. The van der Waals surface area contributed by atoms with Crippen molar-refractivity contribution in [2.75, 3.05) is 5.75 Å². The molecule has 1 aromatic heterocycles. The van der Waals surface area contributed by atoms with Gasteiger partial charge in [-0.1, -0.05) is 32.5 Å².